The molecule has 0 aliphatic carbocycles. The second kappa shape index (κ2) is 5.42. The van der Waals surface area contributed by atoms with Crippen LogP contribution in [0.3, 0.4) is 0 Å². The maximum atomic E-state index is 13.4. The average molecular weight is 305 g/mol. The molecule has 108 valence electrons. The number of benzene rings is 2. The van der Waals surface area contributed by atoms with Crippen LogP contribution < -0.4 is 10.0 Å². The first-order valence-corrected chi connectivity index (χ1v) is 7.34. The highest BCUT2D eigenvalue weighted by Gasteiger charge is 2.22. The van der Waals surface area contributed by atoms with Gasteiger partial charge in [0.2, 0.25) is 0 Å². The summed E-state index contributed by atoms with van der Waals surface area (Å²) in [6, 6.07) is 11.4. The van der Waals surface area contributed by atoms with E-state index in [1.54, 1.807) is 18.2 Å². The quantitative estimate of drug-likeness (QED) is 0.880. The van der Waals surface area contributed by atoms with Crippen molar-refractivity contribution >= 4 is 21.4 Å². The van der Waals surface area contributed by atoms with Crippen molar-refractivity contribution in [3.8, 4) is 6.07 Å². The first-order chi connectivity index (χ1) is 9.86. The van der Waals surface area contributed by atoms with Gasteiger partial charge in [-0.15, -0.1) is 0 Å². The highest BCUT2D eigenvalue weighted by Crippen LogP contribution is 2.24. The summed E-state index contributed by atoms with van der Waals surface area (Å²) in [5.41, 5.74) is 5.86. The zero-order valence-corrected chi connectivity index (χ0v) is 11.9. The summed E-state index contributed by atoms with van der Waals surface area (Å²) in [6.45, 7) is 0. The maximum absolute atomic E-state index is 13.4. The fourth-order valence-electron chi connectivity index (χ4n) is 1.74. The number of rotatable bonds is 3. The molecule has 7 heteroatoms. The minimum absolute atomic E-state index is 0.122. The Bertz CT molecular complexity index is 828. The number of anilines is 2. The molecule has 0 bridgehead atoms. The van der Waals surface area contributed by atoms with E-state index in [1.807, 2.05) is 6.07 Å². The van der Waals surface area contributed by atoms with Crippen molar-refractivity contribution in [2.24, 2.45) is 0 Å². The van der Waals surface area contributed by atoms with E-state index >= 15 is 0 Å². The number of halogens is 1. The summed E-state index contributed by atoms with van der Waals surface area (Å²) in [5.74, 6) is -0.796. The van der Waals surface area contributed by atoms with Crippen LogP contribution in [0.1, 0.15) is 5.56 Å². The lowest BCUT2D eigenvalue weighted by atomic mass is 10.2. The monoisotopic (exact) mass is 305 g/mol. The third-order valence-corrected chi connectivity index (χ3v) is 4.75. The van der Waals surface area contributed by atoms with Crippen LogP contribution in [0.4, 0.5) is 15.8 Å². The van der Waals surface area contributed by atoms with E-state index in [-0.39, 0.29) is 10.6 Å². The van der Waals surface area contributed by atoms with Gasteiger partial charge in [0.25, 0.3) is 10.0 Å². The highest BCUT2D eigenvalue weighted by atomic mass is 32.2. The molecule has 0 unspecified atom stereocenters. The molecule has 0 saturated heterocycles. The zero-order valence-electron chi connectivity index (χ0n) is 11.1. The van der Waals surface area contributed by atoms with Gasteiger partial charge in [0.15, 0.2) is 0 Å². The highest BCUT2D eigenvalue weighted by molar-refractivity contribution is 7.92. The van der Waals surface area contributed by atoms with Gasteiger partial charge in [0.05, 0.1) is 27.9 Å². The molecule has 0 aliphatic heterocycles. The van der Waals surface area contributed by atoms with E-state index in [0.717, 1.165) is 10.4 Å². The van der Waals surface area contributed by atoms with Gasteiger partial charge >= 0.3 is 0 Å². The van der Waals surface area contributed by atoms with Crippen LogP contribution in [0.15, 0.2) is 47.4 Å². The Morgan fingerprint density at radius 3 is 2.57 bits per heavy atom. The number of nitrogen functional groups attached to an aromatic ring is 1. The first kappa shape index (κ1) is 14.8. The fourth-order valence-corrected chi connectivity index (χ4v) is 2.94. The summed E-state index contributed by atoms with van der Waals surface area (Å²) in [4.78, 5) is -0.209. The second-order valence-corrected chi connectivity index (χ2v) is 6.29. The molecule has 5 nitrogen and oxygen atoms in total. The lowest BCUT2D eigenvalue weighted by Gasteiger charge is -2.19. The third kappa shape index (κ3) is 2.80. The van der Waals surface area contributed by atoms with Gasteiger partial charge in [0.1, 0.15) is 5.82 Å². The average Bonchev–Trinajstić information content (AvgIpc) is 2.49. The van der Waals surface area contributed by atoms with Gasteiger partial charge in [-0.3, -0.25) is 4.31 Å². The van der Waals surface area contributed by atoms with Crippen molar-refractivity contribution in [2.45, 2.75) is 4.90 Å². The second-order valence-electron chi connectivity index (χ2n) is 4.32. The maximum Gasteiger partial charge on any atom is 0.264 e. The Kier molecular flexibility index (Phi) is 3.82. The Hall–Kier alpha value is -2.59. The third-order valence-electron chi connectivity index (χ3n) is 2.97. The predicted octanol–water partition coefficient (Wildman–Crippen LogP) is 2.10. The number of nitrogens with two attached hydrogens (primary N) is 1. The van der Waals surface area contributed by atoms with Crippen LogP contribution in [-0.4, -0.2) is 15.5 Å². The smallest absolute Gasteiger partial charge is 0.264 e. The van der Waals surface area contributed by atoms with Crippen LogP contribution in [0.5, 0.6) is 0 Å². The summed E-state index contributed by atoms with van der Waals surface area (Å²) in [7, 11) is -2.59. The van der Waals surface area contributed by atoms with Gasteiger partial charge in [-0.25, -0.2) is 12.8 Å². The van der Waals surface area contributed by atoms with Crippen molar-refractivity contribution in [3.63, 3.8) is 0 Å². The van der Waals surface area contributed by atoms with Gasteiger partial charge in [0, 0.05) is 7.05 Å². The van der Waals surface area contributed by atoms with Gasteiger partial charge < -0.3 is 5.73 Å². The molecule has 0 aliphatic rings. The van der Waals surface area contributed by atoms with Crippen LogP contribution in [-0.2, 0) is 10.0 Å². The van der Waals surface area contributed by atoms with E-state index < -0.39 is 15.8 Å². The van der Waals surface area contributed by atoms with Crippen molar-refractivity contribution in [3.05, 3.63) is 53.8 Å². The fraction of sp³-hybridized carbons (Fsp3) is 0.0714. The molecular formula is C14H12FN3O2S. The van der Waals surface area contributed by atoms with E-state index in [1.165, 1.54) is 25.2 Å². The minimum Gasteiger partial charge on any atom is -0.396 e. The molecule has 2 aromatic carbocycles. The Labute approximate surface area is 122 Å². The minimum atomic E-state index is -3.93. The number of hydrogen-bond donors (Lipinski definition) is 1. The molecule has 21 heavy (non-hydrogen) atoms. The molecule has 0 spiro atoms. The topological polar surface area (TPSA) is 87.2 Å². The van der Waals surface area contributed by atoms with E-state index in [2.05, 4.69) is 0 Å². The lowest BCUT2D eigenvalue weighted by molar-refractivity contribution is 0.590. The molecule has 0 heterocycles. The van der Waals surface area contributed by atoms with Crippen LogP contribution in [0.2, 0.25) is 0 Å². The van der Waals surface area contributed by atoms with E-state index in [4.69, 9.17) is 11.0 Å². The Morgan fingerprint density at radius 2 is 1.95 bits per heavy atom. The Balaban J connectivity index is 2.47. The van der Waals surface area contributed by atoms with Gasteiger partial charge in [-0.05, 0) is 36.4 Å². The summed E-state index contributed by atoms with van der Waals surface area (Å²) in [5, 5.41) is 8.85. The molecule has 0 saturated carbocycles. The van der Waals surface area contributed by atoms with Crippen molar-refractivity contribution < 1.29 is 12.8 Å². The molecule has 2 N–H and O–H groups in total. The van der Waals surface area contributed by atoms with Crippen molar-refractivity contribution in [2.75, 3.05) is 17.1 Å². The molecule has 0 atom stereocenters. The summed E-state index contributed by atoms with van der Waals surface area (Å²) < 4.78 is 39.3. The molecular weight excluding hydrogens is 293 g/mol. The molecule has 2 rings (SSSR count). The number of nitriles is 1. The van der Waals surface area contributed by atoms with Crippen molar-refractivity contribution in [1.29, 1.82) is 5.26 Å². The van der Waals surface area contributed by atoms with Crippen LogP contribution >= 0.6 is 0 Å². The number of sulfonamides is 1. The molecule has 0 amide bonds. The van der Waals surface area contributed by atoms with Crippen LogP contribution in [0.25, 0.3) is 0 Å². The SMILES string of the molecule is CN(c1cccc(C#N)c1)S(=O)(=O)c1ccc(N)c(F)c1. The van der Waals surface area contributed by atoms with Crippen molar-refractivity contribution in [1.82, 2.24) is 0 Å². The van der Waals surface area contributed by atoms with Gasteiger partial charge in [-0.1, -0.05) is 6.07 Å². The normalized spacial score (nSPS) is 10.9. The molecule has 0 aromatic heterocycles. The Morgan fingerprint density at radius 1 is 1.24 bits per heavy atom. The number of nitrogens with zero attached hydrogens (tertiary/aromatic N) is 2. The number of hydrogen-bond acceptors (Lipinski definition) is 4. The summed E-state index contributed by atoms with van der Waals surface area (Å²) in [6.07, 6.45) is 0. The standard InChI is InChI=1S/C14H12FN3O2S/c1-18(11-4-2-3-10(7-11)9-16)21(19,20)12-5-6-14(17)13(15)8-12/h2-8H,17H2,1H3. The van der Waals surface area contributed by atoms with Crippen LogP contribution in [0, 0.1) is 17.1 Å². The largest absolute Gasteiger partial charge is 0.396 e. The molecule has 0 radical (unpaired) electrons. The molecule has 2 aromatic rings. The van der Waals surface area contributed by atoms with Gasteiger partial charge in [-0.2, -0.15) is 5.26 Å². The first-order valence-electron chi connectivity index (χ1n) is 5.90. The van der Waals surface area contributed by atoms with E-state index in [9.17, 15) is 12.8 Å². The predicted molar refractivity (Wildman–Crippen MR) is 77.6 cm³/mol. The lowest BCUT2D eigenvalue weighted by Crippen LogP contribution is -2.26. The zero-order chi connectivity index (χ0) is 15.6. The summed E-state index contributed by atoms with van der Waals surface area (Å²) >= 11 is 0. The molecule has 0 fully saturated rings. The van der Waals surface area contributed by atoms with E-state index in [0.29, 0.717) is 11.3 Å².